The zero-order valence-corrected chi connectivity index (χ0v) is 4.97. The number of rotatable bonds is 1. The van der Waals surface area contributed by atoms with Crippen molar-refractivity contribution in [3.63, 3.8) is 0 Å². The molecule has 0 N–H and O–H groups in total. The Labute approximate surface area is 48.1 Å². The summed E-state index contributed by atoms with van der Waals surface area (Å²) in [5.41, 5.74) is 0. The number of hydrogen-bond donors (Lipinski definition) is 0. The number of furan rings is 1. The molecule has 0 aliphatic rings. The SMILES string of the molecule is COc1ccc(C)o1. The molecule has 0 fully saturated rings. The normalized spacial score (nSPS) is 9.25. The van der Waals surface area contributed by atoms with Gasteiger partial charge in [0.05, 0.1) is 7.11 Å². The van der Waals surface area contributed by atoms with Gasteiger partial charge in [-0.2, -0.15) is 0 Å². The molecule has 1 rings (SSSR count). The van der Waals surface area contributed by atoms with Gasteiger partial charge in [-0.1, -0.05) is 0 Å². The smallest absolute Gasteiger partial charge is 0.284 e. The molecule has 1 aromatic rings. The standard InChI is InChI=1S/C6H8O2/c1-5-3-4-6(7-2)8-5/h3-4H,1-2H3. The number of hydrogen-bond acceptors (Lipinski definition) is 2. The summed E-state index contributed by atoms with van der Waals surface area (Å²) in [5.74, 6) is 1.45. The first-order valence-electron chi connectivity index (χ1n) is 2.43. The highest BCUT2D eigenvalue weighted by Gasteiger charge is 1.92. The van der Waals surface area contributed by atoms with Crippen LogP contribution in [-0.4, -0.2) is 7.11 Å². The van der Waals surface area contributed by atoms with E-state index in [4.69, 9.17) is 9.15 Å². The molecule has 1 aromatic heterocycles. The summed E-state index contributed by atoms with van der Waals surface area (Å²) in [5, 5.41) is 0. The minimum Gasteiger partial charge on any atom is -0.468 e. The lowest BCUT2D eigenvalue weighted by Crippen LogP contribution is -1.75. The van der Waals surface area contributed by atoms with Gasteiger partial charge in [-0.25, -0.2) is 0 Å². The molecule has 44 valence electrons. The van der Waals surface area contributed by atoms with Crippen LogP contribution in [0.5, 0.6) is 5.95 Å². The molecule has 2 nitrogen and oxygen atoms in total. The maximum absolute atomic E-state index is 5.01. The molecule has 0 aliphatic heterocycles. The molecule has 1 heterocycles. The van der Waals surface area contributed by atoms with Crippen molar-refractivity contribution in [1.82, 2.24) is 0 Å². The number of ether oxygens (including phenoxy) is 1. The molecule has 2 heteroatoms. The fraction of sp³-hybridized carbons (Fsp3) is 0.333. The molecule has 0 atom stereocenters. The topological polar surface area (TPSA) is 22.4 Å². The molecule has 8 heavy (non-hydrogen) atoms. The van der Waals surface area contributed by atoms with Crippen LogP contribution in [0.4, 0.5) is 0 Å². The highest BCUT2D eigenvalue weighted by molar-refractivity contribution is 5.09. The van der Waals surface area contributed by atoms with Crippen molar-refractivity contribution < 1.29 is 9.15 Å². The summed E-state index contributed by atoms with van der Waals surface area (Å²) in [6, 6.07) is 3.65. The summed E-state index contributed by atoms with van der Waals surface area (Å²) in [6.45, 7) is 1.88. The van der Waals surface area contributed by atoms with Gasteiger partial charge in [0.1, 0.15) is 5.76 Å². The lowest BCUT2D eigenvalue weighted by molar-refractivity contribution is 0.298. The maximum atomic E-state index is 5.01. The van der Waals surface area contributed by atoms with Crippen LogP contribution in [0.3, 0.4) is 0 Å². The van der Waals surface area contributed by atoms with Gasteiger partial charge in [0.2, 0.25) is 0 Å². The Bertz CT molecular complexity index is 167. The second kappa shape index (κ2) is 1.90. The molecular weight excluding hydrogens is 104 g/mol. The minimum atomic E-state index is 0.572. The third kappa shape index (κ3) is 0.832. The second-order valence-corrected chi connectivity index (χ2v) is 1.57. The highest BCUT2D eigenvalue weighted by atomic mass is 16.6. The van der Waals surface area contributed by atoms with E-state index in [0.29, 0.717) is 5.95 Å². The number of methoxy groups -OCH3 is 1. The maximum Gasteiger partial charge on any atom is 0.284 e. The van der Waals surface area contributed by atoms with Gasteiger partial charge in [0, 0.05) is 6.07 Å². The van der Waals surface area contributed by atoms with Crippen molar-refractivity contribution in [1.29, 1.82) is 0 Å². The summed E-state index contributed by atoms with van der Waals surface area (Å²) in [7, 11) is 1.58. The van der Waals surface area contributed by atoms with Crippen molar-refractivity contribution >= 4 is 0 Å². The molecule has 0 amide bonds. The highest BCUT2D eigenvalue weighted by Crippen LogP contribution is 2.12. The molecule has 0 saturated carbocycles. The van der Waals surface area contributed by atoms with Crippen LogP contribution in [0.2, 0.25) is 0 Å². The molecular formula is C6H8O2. The lowest BCUT2D eigenvalue weighted by atomic mass is 10.5. The average Bonchev–Trinajstić information content (AvgIpc) is 2.14. The summed E-state index contributed by atoms with van der Waals surface area (Å²) in [4.78, 5) is 0. The second-order valence-electron chi connectivity index (χ2n) is 1.57. The van der Waals surface area contributed by atoms with Crippen LogP contribution in [0.15, 0.2) is 16.5 Å². The fourth-order valence-corrected chi connectivity index (χ4v) is 0.522. The van der Waals surface area contributed by atoms with E-state index >= 15 is 0 Å². The van der Waals surface area contributed by atoms with Crippen LogP contribution < -0.4 is 4.74 Å². The van der Waals surface area contributed by atoms with Gasteiger partial charge >= 0.3 is 0 Å². The van der Waals surface area contributed by atoms with Gasteiger partial charge in [0.25, 0.3) is 5.95 Å². The van der Waals surface area contributed by atoms with Crippen LogP contribution in [0.1, 0.15) is 5.76 Å². The van der Waals surface area contributed by atoms with Crippen LogP contribution in [-0.2, 0) is 0 Å². The predicted molar refractivity (Wildman–Crippen MR) is 30.0 cm³/mol. The zero-order valence-electron chi connectivity index (χ0n) is 4.97. The lowest BCUT2D eigenvalue weighted by Gasteiger charge is -1.87. The van der Waals surface area contributed by atoms with Gasteiger partial charge < -0.3 is 9.15 Å². The average molecular weight is 112 g/mol. The van der Waals surface area contributed by atoms with E-state index in [0.717, 1.165) is 5.76 Å². The van der Waals surface area contributed by atoms with Crippen molar-refractivity contribution in [3.05, 3.63) is 17.9 Å². The molecule has 0 saturated heterocycles. The Morgan fingerprint density at radius 2 is 2.25 bits per heavy atom. The third-order valence-corrected chi connectivity index (χ3v) is 0.917. The van der Waals surface area contributed by atoms with Gasteiger partial charge in [0.15, 0.2) is 0 Å². The summed E-state index contributed by atoms with van der Waals surface area (Å²) >= 11 is 0. The van der Waals surface area contributed by atoms with E-state index in [1.807, 2.05) is 13.0 Å². The van der Waals surface area contributed by atoms with E-state index < -0.39 is 0 Å². The van der Waals surface area contributed by atoms with Gasteiger partial charge in [-0.3, -0.25) is 0 Å². The van der Waals surface area contributed by atoms with E-state index in [1.54, 1.807) is 13.2 Å². The molecule has 0 aromatic carbocycles. The van der Waals surface area contributed by atoms with Crippen LogP contribution in [0, 0.1) is 6.92 Å². The zero-order chi connectivity index (χ0) is 5.98. The van der Waals surface area contributed by atoms with Gasteiger partial charge in [-0.05, 0) is 13.0 Å². The molecule has 0 bridgehead atoms. The van der Waals surface area contributed by atoms with Crippen molar-refractivity contribution in [3.8, 4) is 5.95 Å². The van der Waals surface area contributed by atoms with E-state index in [-0.39, 0.29) is 0 Å². The Morgan fingerprint density at radius 3 is 2.50 bits per heavy atom. The first-order valence-corrected chi connectivity index (χ1v) is 2.43. The van der Waals surface area contributed by atoms with E-state index in [2.05, 4.69) is 0 Å². The Balaban J connectivity index is 2.84. The predicted octanol–water partition coefficient (Wildman–Crippen LogP) is 1.60. The monoisotopic (exact) mass is 112 g/mol. The van der Waals surface area contributed by atoms with Crippen molar-refractivity contribution in [2.45, 2.75) is 6.92 Å². The molecule has 0 unspecified atom stereocenters. The molecule has 0 spiro atoms. The quantitative estimate of drug-likeness (QED) is 0.550. The van der Waals surface area contributed by atoms with Crippen molar-refractivity contribution in [2.75, 3.05) is 7.11 Å². The summed E-state index contributed by atoms with van der Waals surface area (Å²) in [6.07, 6.45) is 0. The number of aryl methyl sites for hydroxylation is 1. The minimum absolute atomic E-state index is 0.572. The van der Waals surface area contributed by atoms with Crippen LogP contribution in [0.25, 0.3) is 0 Å². The summed E-state index contributed by atoms with van der Waals surface area (Å²) < 4.78 is 9.78. The van der Waals surface area contributed by atoms with Crippen LogP contribution >= 0.6 is 0 Å². The fourth-order valence-electron chi connectivity index (χ4n) is 0.522. The third-order valence-electron chi connectivity index (χ3n) is 0.917. The van der Waals surface area contributed by atoms with Gasteiger partial charge in [-0.15, -0.1) is 0 Å². The van der Waals surface area contributed by atoms with Crippen molar-refractivity contribution in [2.24, 2.45) is 0 Å². The van der Waals surface area contributed by atoms with E-state index in [9.17, 15) is 0 Å². The van der Waals surface area contributed by atoms with E-state index in [1.165, 1.54) is 0 Å². The first kappa shape index (κ1) is 5.22. The Hall–Kier alpha value is -0.920. The largest absolute Gasteiger partial charge is 0.468 e. The molecule has 0 radical (unpaired) electrons. The Morgan fingerprint density at radius 1 is 1.50 bits per heavy atom. The first-order chi connectivity index (χ1) is 3.83. The Kier molecular flexibility index (Phi) is 1.24. The molecule has 0 aliphatic carbocycles.